The lowest BCUT2D eigenvalue weighted by molar-refractivity contribution is -0.119. The highest BCUT2D eigenvalue weighted by Crippen LogP contribution is 2.18. The summed E-state index contributed by atoms with van der Waals surface area (Å²) < 4.78 is 36.1. The molecule has 0 aliphatic heterocycles. The number of benzene rings is 1. The number of aryl methyl sites for hydroxylation is 2. The number of ether oxygens (including phenoxy) is 1. The summed E-state index contributed by atoms with van der Waals surface area (Å²) in [5.74, 6) is -1.28. The van der Waals surface area contributed by atoms with Gasteiger partial charge < -0.3 is 14.5 Å². The molecule has 30 heavy (non-hydrogen) atoms. The van der Waals surface area contributed by atoms with Crippen LogP contribution in [-0.2, 0) is 19.6 Å². The van der Waals surface area contributed by atoms with Crippen LogP contribution in [0.2, 0.25) is 0 Å². The molecule has 0 aliphatic rings. The van der Waals surface area contributed by atoms with E-state index < -0.39 is 34.1 Å². The predicted molar refractivity (Wildman–Crippen MR) is 110 cm³/mol. The van der Waals surface area contributed by atoms with Crippen molar-refractivity contribution in [3.63, 3.8) is 0 Å². The molecular formula is C20H24N2O7S. The van der Waals surface area contributed by atoms with E-state index in [1.807, 2.05) is 0 Å². The topological polar surface area (TPSA) is 123 Å². The first-order valence-electron chi connectivity index (χ1n) is 9.28. The molecule has 0 spiro atoms. The second-order valence-corrected chi connectivity index (χ2v) is 8.36. The molecule has 0 bridgehead atoms. The van der Waals surface area contributed by atoms with E-state index in [0.717, 1.165) is 6.07 Å². The number of hydrogen-bond donors (Lipinski definition) is 1. The molecule has 10 heteroatoms. The number of carbonyl (C=O) groups excluding carboxylic acids is 2. The fourth-order valence-electron chi connectivity index (χ4n) is 2.89. The van der Waals surface area contributed by atoms with Gasteiger partial charge in [-0.05, 0) is 43.7 Å². The van der Waals surface area contributed by atoms with E-state index in [9.17, 15) is 22.8 Å². The predicted octanol–water partition coefficient (Wildman–Crippen LogP) is 2.08. The van der Waals surface area contributed by atoms with E-state index in [4.69, 9.17) is 9.15 Å². The van der Waals surface area contributed by atoms with Gasteiger partial charge >= 0.3 is 11.6 Å². The average Bonchev–Trinajstić information content (AvgIpc) is 2.66. The third kappa shape index (κ3) is 5.33. The number of nitrogens with zero attached hydrogens (tertiary/aromatic N) is 1. The van der Waals surface area contributed by atoms with Crippen LogP contribution in [0.3, 0.4) is 0 Å². The number of anilines is 1. The summed E-state index contributed by atoms with van der Waals surface area (Å²) in [5, 5.41) is 2.52. The van der Waals surface area contributed by atoms with Gasteiger partial charge in [-0.1, -0.05) is 13.8 Å². The van der Waals surface area contributed by atoms with Gasteiger partial charge in [-0.25, -0.2) is 18.0 Å². The van der Waals surface area contributed by atoms with Gasteiger partial charge in [0.05, 0.1) is 4.90 Å². The zero-order valence-corrected chi connectivity index (χ0v) is 18.0. The molecule has 1 heterocycles. The third-order valence-corrected chi connectivity index (χ3v) is 6.42. The minimum absolute atomic E-state index is 0.0911. The first kappa shape index (κ1) is 23.3. The van der Waals surface area contributed by atoms with Crippen LogP contribution in [0.4, 0.5) is 5.69 Å². The van der Waals surface area contributed by atoms with E-state index in [-0.39, 0.29) is 16.2 Å². The normalized spacial score (nSPS) is 11.4. The van der Waals surface area contributed by atoms with E-state index in [1.165, 1.54) is 35.5 Å². The number of esters is 1. The van der Waals surface area contributed by atoms with Gasteiger partial charge in [-0.2, -0.15) is 4.31 Å². The number of nitrogens with one attached hydrogen (secondary N) is 1. The summed E-state index contributed by atoms with van der Waals surface area (Å²) in [6.07, 6.45) is 0. The molecule has 0 aliphatic carbocycles. The summed E-state index contributed by atoms with van der Waals surface area (Å²) in [7, 11) is -3.59. The molecule has 0 unspecified atom stereocenters. The van der Waals surface area contributed by atoms with Gasteiger partial charge in [0.15, 0.2) is 6.61 Å². The van der Waals surface area contributed by atoms with Crippen LogP contribution in [0, 0.1) is 13.8 Å². The zero-order valence-electron chi connectivity index (χ0n) is 17.2. The Labute approximate surface area is 174 Å². The maximum Gasteiger partial charge on any atom is 0.342 e. The summed E-state index contributed by atoms with van der Waals surface area (Å²) in [5.41, 5.74) is 0.255. The Morgan fingerprint density at radius 1 is 1.10 bits per heavy atom. The first-order valence-corrected chi connectivity index (χ1v) is 10.7. The van der Waals surface area contributed by atoms with Crippen LogP contribution in [0.15, 0.2) is 44.4 Å². The largest absolute Gasteiger partial charge is 0.452 e. The number of sulfonamides is 1. The van der Waals surface area contributed by atoms with Crippen LogP contribution < -0.4 is 10.9 Å². The van der Waals surface area contributed by atoms with E-state index in [1.54, 1.807) is 20.8 Å². The molecule has 2 aromatic rings. The van der Waals surface area contributed by atoms with Crippen molar-refractivity contribution in [2.75, 3.05) is 25.0 Å². The van der Waals surface area contributed by atoms with Crippen molar-refractivity contribution in [1.82, 2.24) is 4.31 Å². The molecule has 0 saturated heterocycles. The fraction of sp³-hybridized carbons (Fsp3) is 0.350. The standard InChI is InChI=1S/C20H24N2O7S/c1-5-22(6-2)30(26,27)16-9-7-15(8-10-16)21-17(23)12-28-20(25)19-13(3)11-18(24)29-14(19)4/h7-11H,5-6,12H2,1-4H3,(H,21,23). The zero-order chi connectivity index (χ0) is 22.5. The second kappa shape index (κ2) is 9.68. The van der Waals surface area contributed by atoms with Crippen molar-refractivity contribution in [1.29, 1.82) is 0 Å². The van der Waals surface area contributed by atoms with E-state index in [2.05, 4.69) is 5.32 Å². The first-order chi connectivity index (χ1) is 14.1. The number of amides is 1. The van der Waals surface area contributed by atoms with Crippen molar-refractivity contribution >= 4 is 27.6 Å². The van der Waals surface area contributed by atoms with Gasteiger partial charge in [-0.15, -0.1) is 0 Å². The molecule has 9 nitrogen and oxygen atoms in total. The maximum atomic E-state index is 12.5. The van der Waals surface area contributed by atoms with Crippen molar-refractivity contribution in [2.24, 2.45) is 0 Å². The highest BCUT2D eigenvalue weighted by molar-refractivity contribution is 7.89. The lowest BCUT2D eigenvalue weighted by Gasteiger charge is -2.18. The minimum atomic E-state index is -3.59. The SMILES string of the molecule is CCN(CC)S(=O)(=O)c1ccc(NC(=O)COC(=O)c2c(C)cc(=O)oc2C)cc1. The van der Waals surface area contributed by atoms with Crippen LogP contribution in [0.25, 0.3) is 0 Å². The average molecular weight is 436 g/mol. The highest BCUT2D eigenvalue weighted by Gasteiger charge is 2.21. The Morgan fingerprint density at radius 3 is 2.23 bits per heavy atom. The number of rotatable bonds is 8. The van der Waals surface area contributed by atoms with Crippen LogP contribution in [-0.4, -0.2) is 44.3 Å². The molecule has 1 N–H and O–H groups in total. The van der Waals surface area contributed by atoms with Gasteiger partial charge in [0.1, 0.15) is 11.3 Å². The van der Waals surface area contributed by atoms with E-state index in [0.29, 0.717) is 24.3 Å². The summed E-state index contributed by atoms with van der Waals surface area (Å²) in [4.78, 5) is 35.7. The number of hydrogen-bond acceptors (Lipinski definition) is 7. The van der Waals surface area contributed by atoms with Crippen molar-refractivity contribution in [3.8, 4) is 0 Å². The molecule has 0 radical (unpaired) electrons. The molecule has 1 aromatic carbocycles. The van der Waals surface area contributed by atoms with Gasteiger partial charge in [0.25, 0.3) is 5.91 Å². The van der Waals surface area contributed by atoms with Gasteiger partial charge in [0.2, 0.25) is 10.0 Å². The van der Waals surface area contributed by atoms with Gasteiger partial charge in [-0.3, -0.25) is 4.79 Å². The molecule has 0 atom stereocenters. The van der Waals surface area contributed by atoms with Crippen LogP contribution >= 0.6 is 0 Å². The van der Waals surface area contributed by atoms with Gasteiger partial charge in [0, 0.05) is 24.8 Å². The smallest absolute Gasteiger partial charge is 0.342 e. The lowest BCUT2D eigenvalue weighted by atomic mass is 10.1. The minimum Gasteiger partial charge on any atom is -0.452 e. The number of carbonyl (C=O) groups is 2. The Balaban J connectivity index is 2.01. The maximum absolute atomic E-state index is 12.5. The Hall–Kier alpha value is -2.98. The Bertz CT molecular complexity index is 1060. The van der Waals surface area contributed by atoms with Crippen molar-refractivity contribution < 1.29 is 27.2 Å². The summed E-state index contributed by atoms with van der Waals surface area (Å²) in [6.45, 7) is 6.68. The Morgan fingerprint density at radius 2 is 1.70 bits per heavy atom. The van der Waals surface area contributed by atoms with Crippen LogP contribution in [0.5, 0.6) is 0 Å². The second-order valence-electron chi connectivity index (χ2n) is 6.42. The summed E-state index contributed by atoms with van der Waals surface area (Å²) >= 11 is 0. The molecule has 1 amide bonds. The molecule has 1 aromatic heterocycles. The lowest BCUT2D eigenvalue weighted by Crippen LogP contribution is -2.30. The molecule has 0 fully saturated rings. The van der Waals surface area contributed by atoms with Crippen LogP contribution in [0.1, 0.15) is 35.5 Å². The summed E-state index contributed by atoms with van der Waals surface area (Å²) in [6, 6.07) is 6.87. The molecule has 0 saturated carbocycles. The quantitative estimate of drug-likeness (QED) is 0.629. The van der Waals surface area contributed by atoms with Crippen molar-refractivity contribution in [3.05, 3.63) is 57.6 Å². The van der Waals surface area contributed by atoms with Crippen molar-refractivity contribution in [2.45, 2.75) is 32.6 Å². The molecule has 162 valence electrons. The fourth-order valence-corrected chi connectivity index (χ4v) is 4.34. The molecule has 2 rings (SSSR count). The monoisotopic (exact) mass is 436 g/mol. The van der Waals surface area contributed by atoms with E-state index >= 15 is 0 Å². The third-order valence-electron chi connectivity index (χ3n) is 4.35. The highest BCUT2D eigenvalue weighted by atomic mass is 32.2. The molecular weight excluding hydrogens is 412 g/mol. The Kier molecular flexibility index (Phi) is 7.52.